The van der Waals surface area contributed by atoms with Crippen molar-refractivity contribution in [2.75, 3.05) is 13.1 Å². The minimum atomic E-state index is -0.772. The van der Waals surface area contributed by atoms with Crippen LogP contribution in [-0.2, 0) is 27.1 Å². The van der Waals surface area contributed by atoms with E-state index < -0.39 is 11.1 Å². The van der Waals surface area contributed by atoms with Crippen molar-refractivity contribution in [1.82, 2.24) is 10.6 Å². The highest BCUT2D eigenvalue weighted by atomic mass is 16.2. The summed E-state index contributed by atoms with van der Waals surface area (Å²) < 4.78 is 0. The molecule has 0 aromatic heterocycles. The molecule has 2 aliphatic heterocycles. The molecule has 33 heavy (non-hydrogen) atoms. The smallest absolute Gasteiger partial charge is 0.242 e. The average molecular weight is 449 g/mol. The third-order valence-electron chi connectivity index (χ3n) is 7.45. The first-order valence-electron chi connectivity index (χ1n) is 12.2. The van der Waals surface area contributed by atoms with E-state index in [1.807, 2.05) is 24.3 Å². The Kier molecular flexibility index (Phi) is 7.15. The van der Waals surface area contributed by atoms with E-state index in [0.29, 0.717) is 0 Å². The van der Waals surface area contributed by atoms with Gasteiger partial charge in [0.25, 0.3) is 0 Å². The van der Waals surface area contributed by atoms with Gasteiger partial charge in [-0.1, -0.05) is 74.2 Å². The first-order chi connectivity index (χ1) is 16.0. The predicted molar refractivity (Wildman–Crippen MR) is 130 cm³/mol. The molecule has 2 aromatic carbocycles. The van der Waals surface area contributed by atoms with E-state index in [4.69, 9.17) is 11.5 Å². The fourth-order valence-electron chi connectivity index (χ4n) is 5.41. The summed E-state index contributed by atoms with van der Waals surface area (Å²) in [5.74, 6) is -0.605. The highest BCUT2D eigenvalue weighted by Gasteiger charge is 2.39. The van der Waals surface area contributed by atoms with Crippen LogP contribution in [0, 0.1) is 0 Å². The molecule has 2 aliphatic rings. The van der Waals surface area contributed by atoms with Gasteiger partial charge in [0, 0.05) is 0 Å². The molecular weight excluding hydrogens is 412 g/mol. The average Bonchev–Trinajstić information content (AvgIpc) is 3.23. The van der Waals surface area contributed by atoms with E-state index in [1.54, 1.807) is 0 Å². The van der Waals surface area contributed by atoms with Crippen LogP contribution in [0.4, 0.5) is 0 Å². The van der Waals surface area contributed by atoms with E-state index in [2.05, 4.69) is 34.9 Å². The molecule has 6 heteroatoms. The molecule has 2 saturated heterocycles. The van der Waals surface area contributed by atoms with Crippen LogP contribution in [0.15, 0.2) is 48.5 Å². The summed E-state index contributed by atoms with van der Waals surface area (Å²) in [5.41, 5.74) is 14.4. The maximum atomic E-state index is 12.4. The fourth-order valence-corrected chi connectivity index (χ4v) is 5.41. The van der Waals surface area contributed by atoms with Crippen LogP contribution in [-0.4, -0.2) is 24.9 Å². The lowest BCUT2D eigenvalue weighted by molar-refractivity contribution is -0.125. The van der Waals surface area contributed by atoms with E-state index >= 15 is 0 Å². The van der Waals surface area contributed by atoms with Crippen molar-refractivity contribution in [3.05, 3.63) is 70.8 Å². The second-order valence-electron chi connectivity index (χ2n) is 9.58. The standard InChI is InChI=1S/C27H36N4O2/c28-24(32)26(15-3-1-5-17-30-26)22-11-7-20(8-12-22)19-21-9-13-23(14-10-21)27(25(29)33)16-4-2-6-18-31-27/h7-14,30-31H,1-6,15-19H2,(H2,28,32)(H2,29,33). The topological polar surface area (TPSA) is 110 Å². The van der Waals surface area contributed by atoms with Crippen molar-refractivity contribution in [2.24, 2.45) is 11.5 Å². The molecule has 4 rings (SSSR count). The van der Waals surface area contributed by atoms with Gasteiger partial charge >= 0.3 is 0 Å². The number of hydrogen-bond donors (Lipinski definition) is 4. The molecule has 0 aliphatic carbocycles. The highest BCUT2D eigenvalue weighted by molar-refractivity contribution is 5.87. The van der Waals surface area contributed by atoms with Crippen LogP contribution in [0.2, 0.25) is 0 Å². The zero-order valence-corrected chi connectivity index (χ0v) is 19.4. The van der Waals surface area contributed by atoms with Crippen molar-refractivity contribution < 1.29 is 9.59 Å². The number of nitrogens with one attached hydrogen (secondary N) is 2. The van der Waals surface area contributed by atoms with Crippen molar-refractivity contribution in [1.29, 1.82) is 0 Å². The quantitative estimate of drug-likeness (QED) is 0.544. The molecule has 2 fully saturated rings. The Bertz CT molecular complexity index is 873. The Morgan fingerprint density at radius 2 is 1.03 bits per heavy atom. The normalized spacial score (nSPS) is 26.2. The Balaban J connectivity index is 1.50. The van der Waals surface area contributed by atoms with Gasteiger partial charge in [0.15, 0.2) is 0 Å². The van der Waals surface area contributed by atoms with Gasteiger partial charge in [-0.15, -0.1) is 0 Å². The molecule has 0 radical (unpaired) electrons. The summed E-state index contributed by atoms with van der Waals surface area (Å²) in [6.45, 7) is 1.61. The molecule has 2 unspecified atom stereocenters. The number of benzene rings is 2. The summed E-state index contributed by atoms with van der Waals surface area (Å²) in [6.07, 6.45) is 8.58. The maximum Gasteiger partial charge on any atom is 0.242 e. The van der Waals surface area contributed by atoms with Crippen LogP contribution >= 0.6 is 0 Å². The summed E-state index contributed by atoms with van der Waals surface area (Å²) in [4.78, 5) is 24.8. The largest absolute Gasteiger partial charge is 0.368 e. The molecule has 0 bridgehead atoms. The predicted octanol–water partition coefficient (Wildman–Crippen LogP) is 2.97. The van der Waals surface area contributed by atoms with E-state index in [9.17, 15) is 9.59 Å². The Labute approximate surface area is 196 Å². The van der Waals surface area contributed by atoms with Crippen LogP contribution in [0.25, 0.3) is 0 Å². The van der Waals surface area contributed by atoms with Gasteiger partial charge in [-0.05, 0) is 67.4 Å². The van der Waals surface area contributed by atoms with Gasteiger partial charge in [0.1, 0.15) is 11.1 Å². The van der Waals surface area contributed by atoms with E-state index in [1.165, 1.54) is 0 Å². The second kappa shape index (κ2) is 10.1. The molecule has 2 amide bonds. The molecule has 2 atom stereocenters. The molecular formula is C27H36N4O2. The number of amides is 2. The number of carbonyl (C=O) groups is 2. The minimum absolute atomic E-state index is 0.303. The van der Waals surface area contributed by atoms with Crippen LogP contribution in [0.1, 0.15) is 73.6 Å². The van der Waals surface area contributed by atoms with Crippen molar-refractivity contribution in [3.63, 3.8) is 0 Å². The molecule has 2 heterocycles. The summed E-state index contributed by atoms with van der Waals surface area (Å²) in [6, 6.07) is 16.5. The Morgan fingerprint density at radius 3 is 1.39 bits per heavy atom. The molecule has 6 N–H and O–H groups in total. The molecule has 176 valence electrons. The SMILES string of the molecule is NC(=O)C1(c2ccc(Cc3ccc(C4(C(N)=O)CCCCCN4)cc3)cc2)CCCCCN1. The van der Waals surface area contributed by atoms with Crippen LogP contribution in [0.3, 0.4) is 0 Å². The van der Waals surface area contributed by atoms with Gasteiger partial charge in [0.2, 0.25) is 11.8 Å². The lowest BCUT2D eigenvalue weighted by Gasteiger charge is -2.31. The zero-order valence-electron chi connectivity index (χ0n) is 19.4. The van der Waals surface area contributed by atoms with Crippen LogP contribution in [0.5, 0.6) is 0 Å². The number of nitrogens with two attached hydrogens (primary N) is 2. The third-order valence-corrected chi connectivity index (χ3v) is 7.45. The van der Waals surface area contributed by atoms with Crippen LogP contribution < -0.4 is 22.1 Å². The number of hydrogen-bond acceptors (Lipinski definition) is 4. The van der Waals surface area contributed by atoms with Gasteiger partial charge in [-0.25, -0.2) is 0 Å². The van der Waals surface area contributed by atoms with Crippen molar-refractivity contribution >= 4 is 11.8 Å². The summed E-state index contributed by atoms with van der Waals surface area (Å²) in [5, 5.41) is 6.83. The number of rotatable bonds is 6. The number of primary amides is 2. The zero-order chi connectivity index (χ0) is 23.3. The third kappa shape index (κ3) is 4.82. The van der Waals surface area contributed by atoms with Gasteiger partial charge in [0.05, 0.1) is 0 Å². The highest BCUT2D eigenvalue weighted by Crippen LogP contribution is 2.32. The second-order valence-corrected chi connectivity index (χ2v) is 9.58. The monoisotopic (exact) mass is 448 g/mol. The van der Waals surface area contributed by atoms with E-state index in [0.717, 1.165) is 93.1 Å². The van der Waals surface area contributed by atoms with Gasteiger partial charge in [-0.2, -0.15) is 0 Å². The Hall–Kier alpha value is -2.70. The minimum Gasteiger partial charge on any atom is -0.368 e. The molecule has 0 spiro atoms. The fraction of sp³-hybridized carbons (Fsp3) is 0.481. The lowest BCUT2D eigenvalue weighted by Crippen LogP contribution is -2.52. The maximum absolute atomic E-state index is 12.4. The van der Waals surface area contributed by atoms with Gasteiger partial charge in [-0.3, -0.25) is 20.2 Å². The van der Waals surface area contributed by atoms with Crippen molar-refractivity contribution in [3.8, 4) is 0 Å². The molecule has 0 saturated carbocycles. The van der Waals surface area contributed by atoms with Crippen molar-refractivity contribution in [2.45, 2.75) is 68.9 Å². The molecule has 2 aromatic rings. The number of carbonyl (C=O) groups excluding carboxylic acids is 2. The lowest BCUT2D eigenvalue weighted by atomic mass is 9.83. The Morgan fingerprint density at radius 1 is 0.636 bits per heavy atom. The first-order valence-corrected chi connectivity index (χ1v) is 12.2. The molecule has 6 nitrogen and oxygen atoms in total. The first kappa shape index (κ1) is 23.5. The van der Waals surface area contributed by atoms with E-state index in [-0.39, 0.29) is 11.8 Å². The summed E-state index contributed by atoms with van der Waals surface area (Å²) >= 11 is 0. The summed E-state index contributed by atoms with van der Waals surface area (Å²) in [7, 11) is 0. The van der Waals surface area contributed by atoms with Gasteiger partial charge < -0.3 is 11.5 Å².